The summed E-state index contributed by atoms with van der Waals surface area (Å²) in [5, 5.41) is 3.50. The van der Waals surface area contributed by atoms with Crippen LogP contribution in [0.1, 0.15) is 18.9 Å². The van der Waals surface area contributed by atoms with Crippen LogP contribution in [0.3, 0.4) is 0 Å². The van der Waals surface area contributed by atoms with E-state index in [1.807, 2.05) is 13.0 Å². The average molecular weight is 354 g/mol. The van der Waals surface area contributed by atoms with E-state index >= 15 is 0 Å². The van der Waals surface area contributed by atoms with Crippen LogP contribution in [0.15, 0.2) is 18.2 Å². The predicted molar refractivity (Wildman–Crippen MR) is 94.5 cm³/mol. The number of anilines is 1. The van der Waals surface area contributed by atoms with Crippen LogP contribution >= 0.6 is 11.6 Å². The lowest BCUT2D eigenvalue weighted by molar-refractivity contribution is -0.116. The molecule has 24 heavy (non-hydrogen) atoms. The minimum atomic E-state index is -0.258. The van der Waals surface area contributed by atoms with Gasteiger partial charge in [-0.1, -0.05) is 17.7 Å². The number of aryl methyl sites for hydroxylation is 1. The molecule has 0 unspecified atom stereocenters. The quantitative estimate of drug-likeness (QED) is 0.884. The molecule has 132 valence electrons. The molecule has 0 radical (unpaired) electrons. The van der Waals surface area contributed by atoms with Gasteiger partial charge in [-0.25, -0.2) is 4.79 Å². The third-order valence-electron chi connectivity index (χ3n) is 4.03. The van der Waals surface area contributed by atoms with Crippen LogP contribution in [0.4, 0.5) is 10.5 Å². The van der Waals surface area contributed by atoms with E-state index in [0.29, 0.717) is 37.7 Å². The second-order valence-corrected chi connectivity index (χ2v) is 6.22. The van der Waals surface area contributed by atoms with Crippen molar-refractivity contribution in [2.24, 2.45) is 0 Å². The van der Waals surface area contributed by atoms with Crippen molar-refractivity contribution in [2.45, 2.75) is 20.3 Å². The fourth-order valence-electron chi connectivity index (χ4n) is 2.57. The standard InChI is InChI=1S/C17H24ClN3O3/c1-3-24-17(23)21-10-8-20(9-11-21)7-6-16(22)19-15-12-14(18)5-4-13(15)2/h4-5,12H,3,6-11H2,1-2H3,(H,19,22). The number of hydrogen-bond donors (Lipinski definition) is 1. The molecule has 0 aliphatic carbocycles. The number of nitrogens with zero attached hydrogens (tertiary/aromatic N) is 2. The third kappa shape index (κ3) is 5.39. The largest absolute Gasteiger partial charge is 0.450 e. The van der Waals surface area contributed by atoms with E-state index in [-0.39, 0.29) is 12.0 Å². The third-order valence-corrected chi connectivity index (χ3v) is 4.26. The summed E-state index contributed by atoms with van der Waals surface area (Å²) < 4.78 is 5.00. The fraction of sp³-hybridized carbons (Fsp3) is 0.529. The number of ether oxygens (including phenoxy) is 1. The number of nitrogens with one attached hydrogen (secondary N) is 1. The second kappa shape index (κ2) is 8.89. The minimum Gasteiger partial charge on any atom is -0.450 e. The number of carbonyl (C=O) groups excluding carboxylic acids is 2. The van der Waals surface area contributed by atoms with Gasteiger partial charge < -0.3 is 15.0 Å². The van der Waals surface area contributed by atoms with Gasteiger partial charge in [0.05, 0.1) is 6.61 Å². The van der Waals surface area contributed by atoms with Crippen molar-refractivity contribution >= 4 is 29.3 Å². The molecule has 0 atom stereocenters. The van der Waals surface area contributed by atoms with Crippen LogP contribution in [-0.4, -0.2) is 61.1 Å². The minimum absolute atomic E-state index is 0.0341. The van der Waals surface area contributed by atoms with Crippen molar-refractivity contribution in [3.8, 4) is 0 Å². The molecule has 0 spiro atoms. The van der Waals surface area contributed by atoms with Gasteiger partial charge in [-0.15, -0.1) is 0 Å². The highest BCUT2D eigenvalue weighted by atomic mass is 35.5. The molecule has 6 nitrogen and oxygen atoms in total. The lowest BCUT2D eigenvalue weighted by Crippen LogP contribution is -2.49. The summed E-state index contributed by atoms with van der Waals surface area (Å²) in [6.45, 7) is 7.56. The molecule has 0 saturated carbocycles. The van der Waals surface area contributed by atoms with E-state index in [1.165, 1.54) is 0 Å². The highest BCUT2D eigenvalue weighted by Crippen LogP contribution is 2.20. The van der Waals surface area contributed by atoms with E-state index in [0.717, 1.165) is 24.3 Å². The summed E-state index contributed by atoms with van der Waals surface area (Å²) in [5.41, 5.74) is 1.73. The fourth-order valence-corrected chi connectivity index (χ4v) is 2.74. The Kier molecular flexibility index (Phi) is 6.87. The summed E-state index contributed by atoms with van der Waals surface area (Å²) in [6.07, 6.45) is 0.150. The number of piperazine rings is 1. The number of carbonyl (C=O) groups is 2. The SMILES string of the molecule is CCOC(=O)N1CCN(CCC(=O)Nc2cc(Cl)ccc2C)CC1. The predicted octanol–water partition coefficient (Wildman–Crippen LogP) is 2.75. The maximum Gasteiger partial charge on any atom is 0.409 e. The molecular weight excluding hydrogens is 330 g/mol. The molecule has 1 aliphatic heterocycles. The first-order chi connectivity index (χ1) is 11.5. The Morgan fingerprint density at radius 1 is 1.25 bits per heavy atom. The second-order valence-electron chi connectivity index (χ2n) is 5.79. The molecular formula is C17H24ClN3O3. The van der Waals surface area contributed by atoms with E-state index in [2.05, 4.69) is 10.2 Å². The highest BCUT2D eigenvalue weighted by molar-refractivity contribution is 6.31. The number of amides is 2. The Balaban J connectivity index is 1.73. The topological polar surface area (TPSA) is 61.9 Å². The molecule has 0 bridgehead atoms. The summed E-state index contributed by atoms with van der Waals surface area (Å²) in [6, 6.07) is 5.44. The van der Waals surface area contributed by atoms with Crippen molar-refractivity contribution in [3.05, 3.63) is 28.8 Å². The smallest absolute Gasteiger partial charge is 0.409 e. The molecule has 1 aromatic carbocycles. The molecule has 0 aromatic heterocycles. The van der Waals surface area contributed by atoms with E-state index in [1.54, 1.807) is 24.0 Å². The van der Waals surface area contributed by atoms with Gasteiger partial charge in [0.1, 0.15) is 0 Å². The Bertz CT molecular complexity index is 586. The first-order valence-electron chi connectivity index (χ1n) is 8.19. The van der Waals surface area contributed by atoms with Gasteiger partial charge in [0.15, 0.2) is 0 Å². The molecule has 1 heterocycles. The van der Waals surface area contributed by atoms with Gasteiger partial charge in [-0.05, 0) is 31.5 Å². The first-order valence-corrected chi connectivity index (χ1v) is 8.57. The zero-order valence-corrected chi connectivity index (χ0v) is 14.9. The van der Waals surface area contributed by atoms with Gasteiger partial charge in [0.25, 0.3) is 0 Å². The van der Waals surface area contributed by atoms with E-state index in [9.17, 15) is 9.59 Å². The Morgan fingerprint density at radius 3 is 2.62 bits per heavy atom. The number of benzene rings is 1. The number of halogens is 1. The molecule has 2 rings (SSSR count). The summed E-state index contributed by atoms with van der Waals surface area (Å²) >= 11 is 5.96. The maximum absolute atomic E-state index is 12.1. The van der Waals surface area contributed by atoms with Crippen LogP contribution in [0.25, 0.3) is 0 Å². The molecule has 1 aromatic rings. The van der Waals surface area contributed by atoms with Gasteiger partial charge >= 0.3 is 6.09 Å². The zero-order valence-electron chi connectivity index (χ0n) is 14.2. The van der Waals surface area contributed by atoms with E-state index < -0.39 is 0 Å². The van der Waals surface area contributed by atoms with Crippen LogP contribution in [-0.2, 0) is 9.53 Å². The van der Waals surface area contributed by atoms with Crippen molar-refractivity contribution in [3.63, 3.8) is 0 Å². The Hall–Kier alpha value is -1.79. The van der Waals surface area contributed by atoms with Gasteiger partial charge in [0, 0.05) is 49.9 Å². The van der Waals surface area contributed by atoms with Crippen LogP contribution in [0, 0.1) is 6.92 Å². The monoisotopic (exact) mass is 353 g/mol. The number of hydrogen-bond acceptors (Lipinski definition) is 4. The lowest BCUT2D eigenvalue weighted by Gasteiger charge is -2.33. The van der Waals surface area contributed by atoms with Gasteiger partial charge in [-0.2, -0.15) is 0 Å². The van der Waals surface area contributed by atoms with E-state index in [4.69, 9.17) is 16.3 Å². The first kappa shape index (κ1) is 18.5. The van der Waals surface area contributed by atoms with Crippen molar-refractivity contribution in [1.82, 2.24) is 9.80 Å². The Morgan fingerprint density at radius 2 is 1.96 bits per heavy atom. The average Bonchev–Trinajstić information content (AvgIpc) is 2.57. The maximum atomic E-state index is 12.1. The molecule has 7 heteroatoms. The van der Waals surface area contributed by atoms with Crippen LogP contribution in [0.2, 0.25) is 5.02 Å². The van der Waals surface area contributed by atoms with Crippen LogP contribution in [0.5, 0.6) is 0 Å². The van der Waals surface area contributed by atoms with Crippen LogP contribution < -0.4 is 5.32 Å². The molecule has 1 N–H and O–H groups in total. The summed E-state index contributed by atoms with van der Waals surface area (Å²) in [7, 11) is 0. The van der Waals surface area contributed by atoms with Crippen molar-refractivity contribution < 1.29 is 14.3 Å². The summed E-state index contributed by atoms with van der Waals surface area (Å²) in [5.74, 6) is -0.0341. The zero-order chi connectivity index (χ0) is 17.5. The van der Waals surface area contributed by atoms with Crippen molar-refractivity contribution in [1.29, 1.82) is 0 Å². The molecule has 1 fully saturated rings. The highest BCUT2D eigenvalue weighted by Gasteiger charge is 2.22. The normalized spacial score (nSPS) is 15.2. The molecule has 2 amide bonds. The lowest BCUT2D eigenvalue weighted by atomic mass is 10.2. The summed E-state index contributed by atoms with van der Waals surface area (Å²) in [4.78, 5) is 27.6. The molecule has 1 saturated heterocycles. The number of rotatable bonds is 5. The molecule has 1 aliphatic rings. The Labute approximate surface area is 147 Å². The van der Waals surface area contributed by atoms with Gasteiger partial charge in [0.2, 0.25) is 5.91 Å². The van der Waals surface area contributed by atoms with Crippen molar-refractivity contribution in [2.75, 3.05) is 44.6 Å². The van der Waals surface area contributed by atoms with Gasteiger partial charge in [-0.3, -0.25) is 9.69 Å².